The van der Waals surface area contributed by atoms with E-state index in [1.54, 1.807) is 13.8 Å². The number of aromatic amines is 1. The van der Waals surface area contributed by atoms with Gasteiger partial charge in [0, 0.05) is 6.54 Å². The van der Waals surface area contributed by atoms with Crippen molar-refractivity contribution in [1.82, 2.24) is 20.0 Å². The molecule has 1 aliphatic rings. The van der Waals surface area contributed by atoms with Crippen LogP contribution < -0.4 is 0 Å². The molecule has 23 heavy (non-hydrogen) atoms. The second kappa shape index (κ2) is 5.22. The lowest BCUT2D eigenvalue weighted by molar-refractivity contribution is 0.0728. The van der Waals surface area contributed by atoms with Crippen LogP contribution in [0.3, 0.4) is 0 Å². The van der Waals surface area contributed by atoms with Crippen LogP contribution in [0.15, 0.2) is 28.8 Å². The van der Waals surface area contributed by atoms with Crippen LogP contribution in [0.2, 0.25) is 0 Å². The Morgan fingerprint density at radius 3 is 2.91 bits per heavy atom. The molecule has 6 heteroatoms. The normalized spacial score (nSPS) is 18.0. The number of nitrogens with one attached hydrogen (secondary N) is 1. The number of nitrogens with zero attached hydrogens (tertiary/aromatic N) is 3. The van der Waals surface area contributed by atoms with Gasteiger partial charge < -0.3 is 14.4 Å². The summed E-state index contributed by atoms with van der Waals surface area (Å²) in [5.41, 5.74) is 3.15. The topological polar surface area (TPSA) is 75.0 Å². The smallest absolute Gasteiger partial charge is 0.259 e. The zero-order chi connectivity index (χ0) is 16.0. The number of imidazole rings is 1. The maximum atomic E-state index is 12.9. The Balaban J connectivity index is 1.70. The van der Waals surface area contributed by atoms with Crippen molar-refractivity contribution < 1.29 is 9.32 Å². The highest BCUT2D eigenvalue weighted by Gasteiger charge is 2.35. The molecule has 3 heterocycles. The van der Waals surface area contributed by atoms with Crippen LogP contribution in [0, 0.1) is 13.8 Å². The average molecular weight is 310 g/mol. The van der Waals surface area contributed by atoms with E-state index >= 15 is 0 Å². The average Bonchev–Trinajstić information content (AvgIpc) is 3.24. The van der Waals surface area contributed by atoms with Crippen molar-refractivity contribution in [3.63, 3.8) is 0 Å². The standard InChI is InChI=1S/C17H18N4O2/c1-10-15(11(2)23-20-10)17(22)21-9-5-8-14(21)16-18-12-6-3-4-7-13(12)19-16/h3-4,6-7,14H,5,8-9H2,1-2H3,(H,18,19). The van der Waals surface area contributed by atoms with Gasteiger partial charge in [0.05, 0.1) is 22.8 Å². The molecule has 1 amide bonds. The Labute approximate surface area is 133 Å². The lowest BCUT2D eigenvalue weighted by Gasteiger charge is -2.23. The Kier molecular flexibility index (Phi) is 3.18. The third kappa shape index (κ3) is 2.21. The summed E-state index contributed by atoms with van der Waals surface area (Å²) in [6.45, 7) is 4.31. The lowest BCUT2D eigenvalue weighted by atomic mass is 10.1. The number of benzene rings is 1. The van der Waals surface area contributed by atoms with E-state index in [-0.39, 0.29) is 11.9 Å². The molecule has 0 saturated carbocycles. The van der Waals surface area contributed by atoms with Crippen LogP contribution in [-0.2, 0) is 0 Å². The van der Waals surface area contributed by atoms with E-state index in [9.17, 15) is 4.79 Å². The van der Waals surface area contributed by atoms with E-state index in [2.05, 4.69) is 15.1 Å². The van der Waals surface area contributed by atoms with Crippen LogP contribution in [0.4, 0.5) is 0 Å². The van der Waals surface area contributed by atoms with Gasteiger partial charge in [-0.15, -0.1) is 0 Å². The van der Waals surface area contributed by atoms with Crippen LogP contribution in [-0.4, -0.2) is 32.5 Å². The van der Waals surface area contributed by atoms with Gasteiger partial charge in [0.15, 0.2) is 0 Å². The summed E-state index contributed by atoms with van der Waals surface area (Å²) in [7, 11) is 0. The second-order valence-corrected chi connectivity index (χ2v) is 5.99. The van der Waals surface area contributed by atoms with Crippen molar-refractivity contribution >= 4 is 16.9 Å². The van der Waals surface area contributed by atoms with Crippen LogP contribution in [0.5, 0.6) is 0 Å². The fourth-order valence-electron chi connectivity index (χ4n) is 3.36. The van der Waals surface area contributed by atoms with Crippen LogP contribution in [0.25, 0.3) is 11.0 Å². The molecule has 2 aromatic heterocycles. The van der Waals surface area contributed by atoms with E-state index in [1.807, 2.05) is 29.2 Å². The van der Waals surface area contributed by atoms with Gasteiger partial charge in [0.1, 0.15) is 17.1 Å². The third-order valence-electron chi connectivity index (χ3n) is 4.48. The number of amides is 1. The summed E-state index contributed by atoms with van der Waals surface area (Å²) in [6.07, 6.45) is 1.88. The molecule has 0 spiro atoms. The van der Waals surface area contributed by atoms with Crippen LogP contribution >= 0.6 is 0 Å². The highest BCUT2D eigenvalue weighted by atomic mass is 16.5. The van der Waals surface area contributed by atoms with Gasteiger partial charge in [-0.3, -0.25) is 4.79 Å². The van der Waals surface area contributed by atoms with Crippen molar-refractivity contribution in [1.29, 1.82) is 0 Å². The van der Waals surface area contributed by atoms with Crippen molar-refractivity contribution in [3.8, 4) is 0 Å². The van der Waals surface area contributed by atoms with Crippen molar-refractivity contribution in [2.24, 2.45) is 0 Å². The lowest BCUT2D eigenvalue weighted by Crippen LogP contribution is -2.31. The van der Waals surface area contributed by atoms with Gasteiger partial charge in [-0.05, 0) is 38.8 Å². The predicted molar refractivity (Wildman–Crippen MR) is 85.1 cm³/mol. The zero-order valence-corrected chi connectivity index (χ0v) is 13.2. The fraction of sp³-hybridized carbons (Fsp3) is 0.353. The van der Waals surface area contributed by atoms with Crippen molar-refractivity contribution in [3.05, 3.63) is 47.1 Å². The van der Waals surface area contributed by atoms with Gasteiger partial charge in [-0.1, -0.05) is 17.3 Å². The molecule has 118 valence electrons. The molecule has 4 rings (SSSR count). The van der Waals surface area contributed by atoms with Crippen molar-refractivity contribution in [2.75, 3.05) is 6.54 Å². The number of fused-ring (bicyclic) bond motifs is 1. The maximum Gasteiger partial charge on any atom is 0.259 e. The SMILES string of the molecule is Cc1noc(C)c1C(=O)N1CCCC1c1nc2ccccc2[nH]1. The molecule has 1 aliphatic heterocycles. The Morgan fingerprint density at radius 2 is 2.17 bits per heavy atom. The number of aromatic nitrogens is 3. The van der Waals surface area contributed by atoms with E-state index in [0.717, 1.165) is 36.2 Å². The van der Waals surface area contributed by atoms with Gasteiger partial charge >= 0.3 is 0 Å². The number of para-hydroxylation sites is 2. The van der Waals surface area contributed by atoms with Gasteiger partial charge in [0.2, 0.25) is 0 Å². The molecular weight excluding hydrogens is 292 g/mol. The Morgan fingerprint density at radius 1 is 1.35 bits per heavy atom. The third-order valence-corrected chi connectivity index (χ3v) is 4.48. The first-order valence-electron chi connectivity index (χ1n) is 7.83. The number of hydrogen-bond acceptors (Lipinski definition) is 4. The minimum Gasteiger partial charge on any atom is -0.361 e. The number of aryl methyl sites for hydroxylation is 2. The van der Waals surface area contributed by atoms with Crippen molar-refractivity contribution in [2.45, 2.75) is 32.7 Å². The fourth-order valence-corrected chi connectivity index (χ4v) is 3.36. The highest BCUT2D eigenvalue weighted by Crippen LogP contribution is 2.33. The molecule has 1 fully saturated rings. The summed E-state index contributed by atoms with van der Waals surface area (Å²) >= 11 is 0. The Bertz CT molecular complexity index is 827. The first-order chi connectivity index (χ1) is 11.1. The first-order valence-corrected chi connectivity index (χ1v) is 7.83. The van der Waals surface area contributed by atoms with E-state index in [0.29, 0.717) is 17.0 Å². The predicted octanol–water partition coefficient (Wildman–Crippen LogP) is 3.15. The summed E-state index contributed by atoms with van der Waals surface area (Å²) in [5, 5.41) is 3.90. The second-order valence-electron chi connectivity index (χ2n) is 5.99. The quantitative estimate of drug-likeness (QED) is 0.789. The molecule has 0 bridgehead atoms. The molecule has 6 nitrogen and oxygen atoms in total. The van der Waals surface area contributed by atoms with Crippen LogP contribution in [0.1, 0.15) is 46.5 Å². The number of carbonyl (C=O) groups excluding carboxylic acids is 1. The molecule has 0 radical (unpaired) electrons. The molecule has 1 N–H and O–H groups in total. The molecule has 1 unspecified atom stereocenters. The first kappa shape index (κ1) is 14.0. The molecule has 1 atom stereocenters. The highest BCUT2D eigenvalue weighted by molar-refractivity contribution is 5.96. The Hall–Kier alpha value is -2.63. The monoisotopic (exact) mass is 310 g/mol. The van der Waals surface area contributed by atoms with E-state index < -0.39 is 0 Å². The summed E-state index contributed by atoms with van der Waals surface area (Å²) in [5.74, 6) is 1.40. The van der Waals surface area contributed by atoms with Gasteiger partial charge in [-0.2, -0.15) is 0 Å². The number of carbonyl (C=O) groups is 1. The molecule has 0 aliphatic carbocycles. The van der Waals surface area contributed by atoms with E-state index in [1.165, 1.54) is 0 Å². The number of rotatable bonds is 2. The maximum absolute atomic E-state index is 12.9. The summed E-state index contributed by atoms with van der Waals surface area (Å²) in [4.78, 5) is 22.8. The summed E-state index contributed by atoms with van der Waals surface area (Å²) < 4.78 is 5.14. The minimum absolute atomic E-state index is 0.0239. The van der Waals surface area contributed by atoms with E-state index in [4.69, 9.17) is 4.52 Å². The number of H-pyrrole nitrogens is 1. The molecule has 1 aromatic carbocycles. The van der Waals surface area contributed by atoms with Gasteiger partial charge in [0.25, 0.3) is 5.91 Å². The zero-order valence-electron chi connectivity index (χ0n) is 13.2. The molecule has 3 aromatic rings. The van der Waals surface area contributed by atoms with Gasteiger partial charge in [-0.25, -0.2) is 4.98 Å². The molecular formula is C17H18N4O2. The number of hydrogen-bond donors (Lipinski definition) is 1. The largest absolute Gasteiger partial charge is 0.361 e. The molecule has 1 saturated heterocycles. The minimum atomic E-state index is -0.0244. The summed E-state index contributed by atoms with van der Waals surface area (Å²) in [6, 6.07) is 7.90. The number of likely N-dealkylation sites (tertiary alicyclic amines) is 1.